The number of aliphatic hydroxyl groups is 4. The highest BCUT2D eigenvalue weighted by Crippen LogP contribution is 2.22. The van der Waals surface area contributed by atoms with Gasteiger partial charge in [-0.25, -0.2) is 0 Å². The molecule has 0 aromatic heterocycles. The van der Waals surface area contributed by atoms with Gasteiger partial charge in [0.05, 0.1) is 13.2 Å². The Kier molecular flexibility index (Phi) is 29.8. The first kappa shape index (κ1) is 46.5. The van der Waals surface area contributed by atoms with Gasteiger partial charge in [-0.2, -0.15) is 0 Å². The van der Waals surface area contributed by atoms with Crippen LogP contribution < -0.4 is 0 Å². The third-order valence-corrected chi connectivity index (χ3v) is 9.41. The minimum absolute atomic E-state index is 0.151. The minimum atomic E-state index is -1.59. The molecule has 0 aromatic carbocycles. The Morgan fingerprint density at radius 1 is 0.600 bits per heavy atom. The number of esters is 2. The van der Waals surface area contributed by atoms with Gasteiger partial charge in [-0.3, -0.25) is 9.59 Å². The predicted molar refractivity (Wildman–Crippen MR) is 196 cm³/mol. The molecule has 6 atom stereocenters. The van der Waals surface area contributed by atoms with E-state index in [2.05, 4.69) is 19.9 Å². The number of carbonyl (C=O) groups excluding carboxylic acids is 2. The summed E-state index contributed by atoms with van der Waals surface area (Å²) in [6.45, 7) is 3.37. The first-order valence-corrected chi connectivity index (χ1v) is 20.3. The summed E-state index contributed by atoms with van der Waals surface area (Å²) in [4.78, 5) is 25.1. The van der Waals surface area contributed by atoms with Crippen LogP contribution in [0, 0.1) is 0 Å². The highest BCUT2D eigenvalue weighted by molar-refractivity contribution is 5.70. The summed E-state index contributed by atoms with van der Waals surface area (Å²) in [7, 11) is 0. The van der Waals surface area contributed by atoms with Gasteiger partial charge in [-0.15, -0.1) is 0 Å². The number of ether oxygens (including phenoxy) is 4. The lowest BCUT2D eigenvalue weighted by Gasteiger charge is -2.39. The zero-order valence-electron chi connectivity index (χ0n) is 31.7. The molecular weight excluding hydrogens is 640 g/mol. The third kappa shape index (κ3) is 23.8. The van der Waals surface area contributed by atoms with Gasteiger partial charge >= 0.3 is 11.9 Å². The van der Waals surface area contributed by atoms with E-state index in [9.17, 15) is 30.0 Å². The van der Waals surface area contributed by atoms with E-state index in [1.165, 1.54) is 109 Å². The zero-order valence-corrected chi connectivity index (χ0v) is 31.7. The monoisotopic (exact) mass is 715 g/mol. The molecule has 0 aliphatic carbocycles. The van der Waals surface area contributed by atoms with E-state index in [0.717, 1.165) is 32.1 Å². The van der Waals surface area contributed by atoms with Gasteiger partial charge in [-0.1, -0.05) is 148 Å². The molecule has 1 fully saturated rings. The van der Waals surface area contributed by atoms with E-state index < -0.39 is 49.4 Å². The van der Waals surface area contributed by atoms with Gasteiger partial charge in [-0.05, 0) is 25.7 Å². The molecule has 0 aromatic rings. The summed E-state index contributed by atoms with van der Waals surface area (Å²) in [6.07, 6.45) is 23.8. The van der Waals surface area contributed by atoms with Crippen molar-refractivity contribution >= 4 is 11.9 Å². The summed E-state index contributed by atoms with van der Waals surface area (Å²) in [5.74, 6) is -0.860. The van der Waals surface area contributed by atoms with Gasteiger partial charge in [0.25, 0.3) is 0 Å². The Labute approximate surface area is 303 Å². The van der Waals surface area contributed by atoms with Crippen molar-refractivity contribution < 1.29 is 49.0 Å². The van der Waals surface area contributed by atoms with Crippen LogP contribution >= 0.6 is 0 Å². The van der Waals surface area contributed by atoms with Crippen molar-refractivity contribution in [2.75, 3.05) is 19.8 Å². The first-order valence-electron chi connectivity index (χ1n) is 20.3. The van der Waals surface area contributed by atoms with E-state index in [-0.39, 0.29) is 32.0 Å². The van der Waals surface area contributed by atoms with E-state index in [1.807, 2.05) is 6.08 Å². The molecular formula is C40H74O10. The summed E-state index contributed by atoms with van der Waals surface area (Å²) in [5.41, 5.74) is 0. The molecule has 0 radical (unpaired) electrons. The standard InChI is InChI=1S/C40H74O10/c1-3-5-7-9-11-13-15-16-17-18-19-21-23-25-27-29-36(43)49-33(32-48-40-39(46)38(45)37(44)34(30-41)50-40)31-47-35(42)28-26-24-22-20-14-12-10-8-6-4-2/h23,25,33-34,37-41,44-46H,3-22,24,26-32H2,1-2H3/b25-23+/t33-,34-,37+,38?,39?,40-/m1/s1. The third-order valence-electron chi connectivity index (χ3n) is 9.41. The fraction of sp³-hybridized carbons (Fsp3) is 0.900. The zero-order chi connectivity index (χ0) is 36.7. The molecule has 0 amide bonds. The van der Waals surface area contributed by atoms with Crippen molar-refractivity contribution in [2.24, 2.45) is 0 Å². The maximum Gasteiger partial charge on any atom is 0.306 e. The minimum Gasteiger partial charge on any atom is -0.462 e. The summed E-state index contributed by atoms with van der Waals surface area (Å²) < 4.78 is 22.0. The largest absolute Gasteiger partial charge is 0.462 e. The molecule has 50 heavy (non-hydrogen) atoms. The van der Waals surface area contributed by atoms with Crippen molar-refractivity contribution in [3.8, 4) is 0 Å². The molecule has 10 heteroatoms. The highest BCUT2D eigenvalue weighted by Gasteiger charge is 2.44. The summed E-state index contributed by atoms with van der Waals surface area (Å²) >= 11 is 0. The Hall–Kier alpha value is -1.56. The molecule has 1 saturated heterocycles. The molecule has 1 aliphatic rings. The quantitative estimate of drug-likeness (QED) is 0.0304. The highest BCUT2D eigenvalue weighted by atomic mass is 16.7. The second kappa shape index (κ2) is 32.1. The molecule has 0 bridgehead atoms. The number of carbonyl (C=O) groups is 2. The van der Waals surface area contributed by atoms with Crippen molar-refractivity contribution in [3.63, 3.8) is 0 Å². The number of rotatable bonds is 33. The van der Waals surface area contributed by atoms with Crippen LogP contribution in [0.15, 0.2) is 12.2 Å². The Morgan fingerprint density at radius 2 is 1.10 bits per heavy atom. The van der Waals surface area contributed by atoms with E-state index in [0.29, 0.717) is 6.42 Å². The number of aliphatic hydroxyl groups excluding tert-OH is 4. The predicted octanol–water partition coefficient (Wildman–Crippen LogP) is 7.61. The second-order valence-electron chi connectivity index (χ2n) is 14.1. The molecule has 1 heterocycles. The lowest BCUT2D eigenvalue weighted by Crippen LogP contribution is -2.59. The smallest absolute Gasteiger partial charge is 0.306 e. The molecule has 4 N–H and O–H groups in total. The Balaban J connectivity index is 2.39. The van der Waals surface area contributed by atoms with Crippen LogP contribution in [0.25, 0.3) is 0 Å². The number of unbranched alkanes of at least 4 members (excludes halogenated alkanes) is 20. The van der Waals surface area contributed by atoms with Crippen molar-refractivity contribution in [3.05, 3.63) is 12.2 Å². The van der Waals surface area contributed by atoms with Gasteiger partial charge in [0, 0.05) is 12.8 Å². The van der Waals surface area contributed by atoms with E-state index >= 15 is 0 Å². The number of hydrogen-bond acceptors (Lipinski definition) is 10. The van der Waals surface area contributed by atoms with Crippen LogP contribution in [0.2, 0.25) is 0 Å². The molecule has 1 rings (SSSR count). The Bertz CT molecular complexity index is 835. The average molecular weight is 715 g/mol. The van der Waals surface area contributed by atoms with Crippen LogP contribution in [0.1, 0.15) is 174 Å². The molecule has 0 spiro atoms. The maximum atomic E-state index is 12.7. The maximum absolute atomic E-state index is 12.7. The van der Waals surface area contributed by atoms with Crippen LogP contribution in [-0.2, 0) is 28.5 Å². The van der Waals surface area contributed by atoms with Gasteiger partial charge in [0.1, 0.15) is 31.0 Å². The van der Waals surface area contributed by atoms with Gasteiger partial charge < -0.3 is 39.4 Å². The SMILES string of the molecule is CCCCCCCCCCCCC/C=C/CCC(=O)O[C@H](COC(=O)CCCCCCCCCCCC)CO[C@@H]1O[C@H](CO)[C@H](O)C(O)C1O. The number of hydrogen-bond donors (Lipinski definition) is 4. The first-order chi connectivity index (χ1) is 24.3. The normalized spacial score (nSPS) is 21.4. The van der Waals surface area contributed by atoms with Gasteiger partial charge in [0.15, 0.2) is 12.4 Å². The van der Waals surface area contributed by atoms with Crippen molar-refractivity contribution in [1.29, 1.82) is 0 Å². The van der Waals surface area contributed by atoms with Crippen molar-refractivity contribution in [2.45, 2.75) is 211 Å². The molecule has 294 valence electrons. The van der Waals surface area contributed by atoms with Gasteiger partial charge in [0.2, 0.25) is 0 Å². The summed E-state index contributed by atoms with van der Waals surface area (Å²) in [6, 6.07) is 0. The lowest BCUT2D eigenvalue weighted by molar-refractivity contribution is -0.305. The topological polar surface area (TPSA) is 152 Å². The van der Waals surface area contributed by atoms with E-state index in [1.54, 1.807) is 0 Å². The van der Waals surface area contributed by atoms with Crippen LogP contribution in [-0.4, -0.2) is 89.0 Å². The average Bonchev–Trinajstić information content (AvgIpc) is 3.11. The van der Waals surface area contributed by atoms with Crippen molar-refractivity contribution in [1.82, 2.24) is 0 Å². The fourth-order valence-corrected chi connectivity index (χ4v) is 6.15. The van der Waals surface area contributed by atoms with Crippen LogP contribution in [0.5, 0.6) is 0 Å². The Morgan fingerprint density at radius 3 is 1.64 bits per heavy atom. The molecule has 1 aliphatic heterocycles. The molecule has 0 saturated carbocycles. The molecule has 2 unspecified atom stereocenters. The van der Waals surface area contributed by atoms with Crippen LogP contribution in [0.4, 0.5) is 0 Å². The number of allylic oxidation sites excluding steroid dienone is 2. The second-order valence-corrected chi connectivity index (χ2v) is 14.1. The molecule has 10 nitrogen and oxygen atoms in total. The van der Waals surface area contributed by atoms with E-state index in [4.69, 9.17) is 18.9 Å². The fourth-order valence-electron chi connectivity index (χ4n) is 6.15. The lowest BCUT2D eigenvalue weighted by atomic mass is 9.99. The van der Waals surface area contributed by atoms with Crippen LogP contribution in [0.3, 0.4) is 0 Å². The summed E-state index contributed by atoms with van der Waals surface area (Å²) in [5, 5.41) is 39.9.